The van der Waals surface area contributed by atoms with Gasteiger partial charge in [0.05, 0.1) is 9.90 Å². The van der Waals surface area contributed by atoms with E-state index < -0.39 is 0 Å². The number of fused-ring (bicyclic) bond motifs is 1. The number of hydrogen-bond donors (Lipinski definition) is 0. The van der Waals surface area contributed by atoms with E-state index in [9.17, 15) is 0 Å². The number of halogens is 2. The van der Waals surface area contributed by atoms with Crippen molar-refractivity contribution >= 4 is 50.8 Å². The summed E-state index contributed by atoms with van der Waals surface area (Å²) < 4.78 is 1.73. The van der Waals surface area contributed by atoms with E-state index in [-0.39, 0.29) is 0 Å². The summed E-state index contributed by atoms with van der Waals surface area (Å²) in [6.07, 6.45) is 0. The van der Waals surface area contributed by atoms with Gasteiger partial charge in [0.25, 0.3) is 0 Å². The second-order valence-corrected chi connectivity index (χ2v) is 7.40. The molecule has 0 saturated carbocycles. The van der Waals surface area contributed by atoms with Gasteiger partial charge in [0.2, 0.25) is 4.96 Å². The van der Waals surface area contributed by atoms with E-state index in [1.165, 1.54) is 16.9 Å². The molecule has 0 spiro atoms. The van der Waals surface area contributed by atoms with Gasteiger partial charge in [-0.2, -0.15) is 9.61 Å². The molecule has 22 heavy (non-hydrogen) atoms. The lowest BCUT2D eigenvalue weighted by Gasteiger charge is -2.01. The van der Waals surface area contributed by atoms with E-state index in [1.807, 2.05) is 6.07 Å². The number of rotatable bonds is 2. The molecule has 0 aliphatic rings. The maximum atomic E-state index is 6.27. The molecule has 0 amide bonds. The van der Waals surface area contributed by atoms with Gasteiger partial charge in [-0.1, -0.05) is 34.5 Å². The molecule has 3 heterocycles. The van der Waals surface area contributed by atoms with Gasteiger partial charge >= 0.3 is 0 Å². The van der Waals surface area contributed by atoms with Crippen LogP contribution in [0.15, 0.2) is 29.6 Å². The van der Waals surface area contributed by atoms with E-state index in [1.54, 1.807) is 28.0 Å². The van der Waals surface area contributed by atoms with Crippen LogP contribution in [-0.4, -0.2) is 19.8 Å². The van der Waals surface area contributed by atoms with Crippen molar-refractivity contribution in [3.05, 3.63) is 45.3 Å². The van der Waals surface area contributed by atoms with Gasteiger partial charge in [-0.3, -0.25) is 0 Å². The first kappa shape index (κ1) is 14.1. The fraction of sp³-hybridized carbons (Fsp3) is 0.0714. The molecular formula is C14H8Cl2N4S2. The Bertz CT molecular complexity index is 986. The molecule has 0 saturated heterocycles. The van der Waals surface area contributed by atoms with Gasteiger partial charge < -0.3 is 0 Å². The third kappa shape index (κ3) is 2.23. The fourth-order valence-electron chi connectivity index (χ4n) is 2.14. The molecule has 0 N–H and O–H groups in total. The molecule has 1 aromatic carbocycles. The minimum Gasteiger partial charge on any atom is -0.182 e. The van der Waals surface area contributed by atoms with E-state index in [2.05, 4.69) is 33.7 Å². The molecule has 0 aliphatic carbocycles. The van der Waals surface area contributed by atoms with Crippen molar-refractivity contribution in [1.29, 1.82) is 0 Å². The maximum Gasteiger partial charge on any atom is 0.235 e. The van der Waals surface area contributed by atoms with Crippen LogP contribution in [0.1, 0.15) is 5.56 Å². The molecule has 4 aromatic rings. The van der Waals surface area contributed by atoms with Gasteiger partial charge in [-0.05, 0) is 42.1 Å². The van der Waals surface area contributed by atoms with Gasteiger partial charge in [-0.25, -0.2) is 0 Å². The van der Waals surface area contributed by atoms with Crippen LogP contribution < -0.4 is 0 Å². The van der Waals surface area contributed by atoms with Crippen molar-refractivity contribution in [3.8, 4) is 21.3 Å². The third-order valence-electron chi connectivity index (χ3n) is 3.22. The molecule has 110 valence electrons. The molecule has 0 aliphatic heterocycles. The number of hydrogen-bond acceptors (Lipinski definition) is 5. The first-order valence-corrected chi connectivity index (χ1v) is 8.81. The normalized spacial score (nSPS) is 11.4. The number of aryl methyl sites for hydroxylation is 1. The molecule has 0 radical (unpaired) electrons. The van der Waals surface area contributed by atoms with Crippen LogP contribution in [0.5, 0.6) is 0 Å². The summed E-state index contributed by atoms with van der Waals surface area (Å²) in [5, 5.41) is 17.2. The first-order valence-electron chi connectivity index (χ1n) is 6.35. The zero-order valence-corrected chi connectivity index (χ0v) is 14.4. The number of aromatic nitrogens is 4. The fourth-order valence-corrected chi connectivity index (χ4v) is 4.55. The van der Waals surface area contributed by atoms with Crippen molar-refractivity contribution in [1.82, 2.24) is 19.8 Å². The minimum atomic E-state index is 0.531. The minimum absolute atomic E-state index is 0.531. The van der Waals surface area contributed by atoms with E-state index >= 15 is 0 Å². The first-order chi connectivity index (χ1) is 10.6. The molecule has 3 aromatic heterocycles. The van der Waals surface area contributed by atoms with Crippen LogP contribution in [0.25, 0.3) is 26.2 Å². The van der Waals surface area contributed by atoms with E-state index in [0.29, 0.717) is 15.9 Å². The molecule has 4 nitrogen and oxygen atoms in total. The lowest BCUT2D eigenvalue weighted by atomic mass is 10.2. The highest BCUT2D eigenvalue weighted by atomic mass is 35.5. The van der Waals surface area contributed by atoms with Crippen molar-refractivity contribution in [2.24, 2.45) is 0 Å². The van der Waals surface area contributed by atoms with Crippen LogP contribution in [0, 0.1) is 6.92 Å². The van der Waals surface area contributed by atoms with Gasteiger partial charge in [0.1, 0.15) is 0 Å². The maximum absolute atomic E-state index is 6.27. The van der Waals surface area contributed by atoms with Crippen LogP contribution >= 0.6 is 45.9 Å². The molecule has 0 atom stereocenters. The topological polar surface area (TPSA) is 43.1 Å². The molecule has 4 rings (SSSR count). The second kappa shape index (κ2) is 5.31. The lowest BCUT2D eigenvalue weighted by molar-refractivity contribution is 0.971. The largest absolute Gasteiger partial charge is 0.235 e. The quantitative estimate of drug-likeness (QED) is 0.489. The van der Waals surface area contributed by atoms with Crippen LogP contribution in [0.4, 0.5) is 0 Å². The Kier molecular flexibility index (Phi) is 3.41. The Balaban J connectivity index is 1.89. The third-order valence-corrected chi connectivity index (χ3v) is 5.84. The summed E-state index contributed by atoms with van der Waals surface area (Å²) in [6.45, 7) is 2.07. The van der Waals surface area contributed by atoms with Gasteiger partial charge in [0, 0.05) is 10.6 Å². The summed E-state index contributed by atoms with van der Waals surface area (Å²) in [7, 11) is 0. The Labute approximate surface area is 144 Å². The van der Waals surface area contributed by atoms with Gasteiger partial charge in [0.15, 0.2) is 10.8 Å². The number of nitrogens with zero attached hydrogens (tertiary/aromatic N) is 4. The van der Waals surface area contributed by atoms with Crippen molar-refractivity contribution < 1.29 is 0 Å². The monoisotopic (exact) mass is 366 g/mol. The zero-order chi connectivity index (χ0) is 15.3. The summed E-state index contributed by atoms with van der Waals surface area (Å²) in [5.74, 6) is 0.619. The van der Waals surface area contributed by atoms with Crippen LogP contribution in [-0.2, 0) is 0 Å². The highest BCUT2D eigenvalue weighted by Crippen LogP contribution is 2.35. The average molecular weight is 367 g/mol. The Morgan fingerprint density at radius 3 is 2.73 bits per heavy atom. The predicted molar refractivity (Wildman–Crippen MR) is 92.2 cm³/mol. The SMILES string of the molecule is Cc1ccsc1-c1nn2c(-c3ccc(Cl)cc3Cl)nnc2s1. The van der Waals surface area contributed by atoms with Crippen LogP contribution in [0.3, 0.4) is 0 Å². The highest BCUT2D eigenvalue weighted by molar-refractivity contribution is 7.24. The molecule has 0 fully saturated rings. The standard InChI is InChI=1S/C14H8Cl2N4S2/c1-7-4-5-21-11(7)13-19-20-12(17-18-14(20)22-13)9-3-2-8(15)6-10(9)16/h2-6H,1H3. The number of benzene rings is 1. The van der Waals surface area contributed by atoms with Gasteiger partial charge in [-0.15, -0.1) is 21.5 Å². The summed E-state index contributed by atoms with van der Waals surface area (Å²) >= 11 is 15.4. The predicted octanol–water partition coefficient (Wildman–Crippen LogP) is 5.20. The number of thiophene rings is 1. The Morgan fingerprint density at radius 1 is 1.14 bits per heavy atom. The zero-order valence-electron chi connectivity index (χ0n) is 11.2. The van der Waals surface area contributed by atoms with Crippen LogP contribution in [0.2, 0.25) is 10.0 Å². The lowest BCUT2D eigenvalue weighted by Crippen LogP contribution is -1.91. The smallest absolute Gasteiger partial charge is 0.182 e. The summed E-state index contributed by atoms with van der Waals surface area (Å²) in [4.78, 5) is 1.90. The summed E-state index contributed by atoms with van der Waals surface area (Å²) in [6, 6.07) is 7.38. The van der Waals surface area contributed by atoms with Crippen molar-refractivity contribution in [3.63, 3.8) is 0 Å². The van der Waals surface area contributed by atoms with Crippen molar-refractivity contribution in [2.45, 2.75) is 6.92 Å². The Hall–Kier alpha value is -1.47. The molecule has 0 unspecified atom stereocenters. The molecular weight excluding hydrogens is 359 g/mol. The van der Waals surface area contributed by atoms with Crippen molar-refractivity contribution in [2.75, 3.05) is 0 Å². The molecule has 8 heteroatoms. The highest BCUT2D eigenvalue weighted by Gasteiger charge is 2.17. The molecule has 0 bridgehead atoms. The second-order valence-electron chi connectivity index (χ2n) is 4.68. The Morgan fingerprint density at radius 2 is 2.00 bits per heavy atom. The average Bonchev–Trinajstić information content (AvgIpc) is 3.14. The van der Waals surface area contributed by atoms with E-state index in [4.69, 9.17) is 23.2 Å². The van der Waals surface area contributed by atoms with E-state index in [0.717, 1.165) is 20.4 Å². The summed E-state index contributed by atoms with van der Waals surface area (Å²) in [5.41, 5.74) is 1.97.